The zero-order chi connectivity index (χ0) is 18.6. The maximum atomic E-state index is 12.3. The van der Waals surface area contributed by atoms with Crippen molar-refractivity contribution in [3.8, 4) is 11.1 Å². The Hall–Kier alpha value is -2.67. The number of hydrogen-bond donors (Lipinski definition) is 2. The molecule has 0 spiro atoms. The third-order valence-electron chi connectivity index (χ3n) is 3.66. The van der Waals surface area contributed by atoms with Crippen molar-refractivity contribution in [3.05, 3.63) is 89.4 Å². The molecule has 0 unspecified atom stereocenters. The molecule has 3 rings (SSSR count). The first-order valence-corrected chi connectivity index (χ1v) is 9.56. The topological polar surface area (TPSA) is 75.3 Å². The molecule has 26 heavy (non-hydrogen) atoms. The third kappa shape index (κ3) is 4.11. The van der Waals surface area contributed by atoms with Crippen molar-refractivity contribution in [3.63, 3.8) is 0 Å². The molecule has 2 N–H and O–H groups in total. The van der Waals surface area contributed by atoms with Crippen LogP contribution in [0.5, 0.6) is 0 Å². The summed E-state index contributed by atoms with van der Waals surface area (Å²) in [4.78, 5) is 14.5. The van der Waals surface area contributed by atoms with Gasteiger partial charge in [-0.25, -0.2) is 8.42 Å². The first-order chi connectivity index (χ1) is 12.5. The van der Waals surface area contributed by atoms with E-state index in [0.717, 1.165) is 11.1 Å². The van der Waals surface area contributed by atoms with E-state index in [1.54, 1.807) is 42.5 Å². The summed E-state index contributed by atoms with van der Waals surface area (Å²) in [7, 11) is -3.84. The molecule has 0 fully saturated rings. The number of nitrogens with one attached hydrogen (secondary N) is 2. The van der Waals surface area contributed by atoms with E-state index in [0.29, 0.717) is 10.6 Å². The summed E-state index contributed by atoms with van der Waals surface area (Å²) in [5.74, 6) is -0.571. The standard InChI is InChI=1S/C19H15ClN2O3S/c20-18-12-5-4-11-17(18)14-7-6-8-15(13-14)19(23)21-22-26(24,25)16-9-2-1-3-10-16/h1-13,22H,(H,21,23). The first-order valence-electron chi connectivity index (χ1n) is 7.69. The molecule has 132 valence electrons. The molecular weight excluding hydrogens is 372 g/mol. The smallest absolute Gasteiger partial charge is 0.266 e. The SMILES string of the molecule is O=C(NNS(=O)(=O)c1ccccc1)c1cccc(-c2ccccc2Cl)c1. The van der Waals surface area contributed by atoms with Gasteiger partial charge in [-0.2, -0.15) is 0 Å². The number of hydrogen-bond acceptors (Lipinski definition) is 3. The van der Waals surface area contributed by atoms with Crippen molar-refractivity contribution in [1.29, 1.82) is 0 Å². The van der Waals surface area contributed by atoms with Crippen molar-refractivity contribution in [1.82, 2.24) is 10.3 Å². The first kappa shape index (κ1) is 18.1. The largest absolute Gasteiger partial charge is 0.273 e. The van der Waals surface area contributed by atoms with Gasteiger partial charge in [0.2, 0.25) is 0 Å². The summed E-state index contributed by atoms with van der Waals surface area (Å²) in [6.07, 6.45) is 0. The highest BCUT2D eigenvalue weighted by molar-refractivity contribution is 7.89. The van der Waals surface area contributed by atoms with Crippen LogP contribution in [0, 0.1) is 0 Å². The van der Waals surface area contributed by atoms with Crippen molar-refractivity contribution >= 4 is 27.5 Å². The van der Waals surface area contributed by atoms with Gasteiger partial charge in [-0.1, -0.05) is 60.1 Å². The Bertz CT molecular complexity index is 1040. The van der Waals surface area contributed by atoms with Gasteiger partial charge < -0.3 is 0 Å². The van der Waals surface area contributed by atoms with E-state index in [4.69, 9.17) is 11.6 Å². The Morgan fingerprint density at radius 3 is 2.27 bits per heavy atom. The number of sulfonamides is 1. The zero-order valence-electron chi connectivity index (χ0n) is 13.5. The molecule has 3 aromatic carbocycles. The fraction of sp³-hybridized carbons (Fsp3) is 0. The molecule has 0 aromatic heterocycles. The van der Waals surface area contributed by atoms with E-state index in [2.05, 4.69) is 10.3 Å². The quantitative estimate of drug-likeness (QED) is 0.657. The van der Waals surface area contributed by atoms with Gasteiger partial charge in [0, 0.05) is 16.1 Å². The summed E-state index contributed by atoms with van der Waals surface area (Å²) >= 11 is 6.19. The lowest BCUT2D eigenvalue weighted by Crippen LogP contribution is -2.41. The summed E-state index contributed by atoms with van der Waals surface area (Å²) in [6.45, 7) is 0. The third-order valence-corrected chi connectivity index (χ3v) is 5.26. The number of rotatable bonds is 5. The second-order valence-electron chi connectivity index (χ2n) is 5.43. The van der Waals surface area contributed by atoms with Crippen molar-refractivity contribution in [2.75, 3.05) is 0 Å². The van der Waals surface area contributed by atoms with Crippen molar-refractivity contribution < 1.29 is 13.2 Å². The minimum atomic E-state index is -3.84. The van der Waals surface area contributed by atoms with Crippen LogP contribution in [0.2, 0.25) is 5.02 Å². The molecule has 0 atom stereocenters. The number of halogens is 1. The molecule has 1 amide bonds. The van der Waals surface area contributed by atoms with Crippen LogP contribution in [0.4, 0.5) is 0 Å². The maximum absolute atomic E-state index is 12.3. The van der Waals surface area contributed by atoms with Gasteiger partial charge in [0.05, 0.1) is 4.90 Å². The van der Waals surface area contributed by atoms with E-state index < -0.39 is 15.9 Å². The Labute approximate surface area is 156 Å². The van der Waals surface area contributed by atoms with Crippen LogP contribution < -0.4 is 10.3 Å². The second-order valence-corrected chi connectivity index (χ2v) is 7.52. The minimum absolute atomic E-state index is 0.0603. The lowest BCUT2D eigenvalue weighted by molar-refractivity contribution is 0.0945. The molecule has 0 aliphatic rings. The van der Waals surface area contributed by atoms with E-state index in [-0.39, 0.29) is 4.90 Å². The molecule has 0 heterocycles. The monoisotopic (exact) mass is 386 g/mol. The van der Waals surface area contributed by atoms with Crippen molar-refractivity contribution in [2.45, 2.75) is 4.90 Å². The molecule has 0 saturated carbocycles. The van der Waals surface area contributed by atoms with Crippen LogP contribution in [0.15, 0.2) is 83.8 Å². The highest BCUT2D eigenvalue weighted by atomic mass is 35.5. The lowest BCUT2D eigenvalue weighted by Gasteiger charge is -2.10. The van der Waals surface area contributed by atoms with Crippen LogP contribution in [0.1, 0.15) is 10.4 Å². The highest BCUT2D eigenvalue weighted by Gasteiger charge is 2.15. The molecule has 0 radical (unpaired) electrons. The molecule has 3 aromatic rings. The van der Waals surface area contributed by atoms with Gasteiger partial charge in [-0.05, 0) is 35.9 Å². The van der Waals surface area contributed by atoms with E-state index in [1.165, 1.54) is 12.1 Å². The second kappa shape index (κ2) is 7.70. The molecule has 0 saturated heterocycles. The molecule has 0 aliphatic carbocycles. The number of carbonyl (C=O) groups excluding carboxylic acids is 1. The lowest BCUT2D eigenvalue weighted by atomic mass is 10.0. The van der Waals surface area contributed by atoms with Crippen LogP contribution in [0.3, 0.4) is 0 Å². The van der Waals surface area contributed by atoms with Crippen molar-refractivity contribution in [2.24, 2.45) is 0 Å². The molecule has 0 aliphatic heterocycles. The van der Waals surface area contributed by atoms with Crippen LogP contribution in [-0.4, -0.2) is 14.3 Å². The average Bonchev–Trinajstić information content (AvgIpc) is 2.67. The fourth-order valence-corrected chi connectivity index (χ4v) is 3.47. The van der Waals surface area contributed by atoms with Gasteiger partial charge in [0.15, 0.2) is 0 Å². The number of carbonyl (C=O) groups is 1. The Balaban J connectivity index is 1.77. The van der Waals surface area contributed by atoms with Gasteiger partial charge in [0.25, 0.3) is 15.9 Å². The summed E-state index contributed by atoms with van der Waals surface area (Å²) in [6, 6.07) is 21.8. The Kier molecular flexibility index (Phi) is 5.37. The van der Waals surface area contributed by atoms with E-state index in [1.807, 2.05) is 24.3 Å². The maximum Gasteiger partial charge on any atom is 0.266 e. The minimum Gasteiger partial charge on any atom is -0.273 e. The van der Waals surface area contributed by atoms with E-state index >= 15 is 0 Å². The Morgan fingerprint density at radius 2 is 1.54 bits per heavy atom. The van der Waals surface area contributed by atoms with Crippen LogP contribution in [-0.2, 0) is 10.0 Å². The summed E-state index contributed by atoms with van der Waals surface area (Å²) < 4.78 is 24.3. The van der Waals surface area contributed by atoms with Gasteiger partial charge in [0.1, 0.15) is 0 Å². The molecular formula is C19H15ClN2O3S. The Morgan fingerprint density at radius 1 is 0.846 bits per heavy atom. The van der Waals surface area contributed by atoms with Gasteiger partial charge in [-0.3, -0.25) is 10.2 Å². The van der Waals surface area contributed by atoms with E-state index in [9.17, 15) is 13.2 Å². The number of hydrazine groups is 1. The number of amides is 1. The van der Waals surface area contributed by atoms with Gasteiger partial charge in [-0.15, -0.1) is 4.83 Å². The zero-order valence-corrected chi connectivity index (χ0v) is 15.1. The summed E-state index contributed by atoms with van der Waals surface area (Å²) in [5, 5.41) is 0.565. The fourth-order valence-electron chi connectivity index (χ4n) is 2.37. The average molecular weight is 387 g/mol. The predicted octanol–water partition coefficient (Wildman–Crippen LogP) is 3.63. The molecule has 7 heteroatoms. The number of benzene rings is 3. The van der Waals surface area contributed by atoms with Crippen LogP contribution in [0.25, 0.3) is 11.1 Å². The summed E-state index contributed by atoms with van der Waals surface area (Å²) in [5.41, 5.74) is 4.07. The van der Waals surface area contributed by atoms with Gasteiger partial charge >= 0.3 is 0 Å². The molecule has 5 nitrogen and oxygen atoms in total. The predicted molar refractivity (Wildman–Crippen MR) is 101 cm³/mol. The molecule has 0 bridgehead atoms. The normalized spacial score (nSPS) is 11.1. The highest BCUT2D eigenvalue weighted by Crippen LogP contribution is 2.27. The van der Waals surface area contributed by atoms with Crippen LogP contribution >= 0.6 is 11.6 Å².